The normalized spacial score (nSPS) is 18.5. The molecular weight excluding hydrogens is 246 g/mol. The SMILES string of the molecule is CN1CCC(Sc2ccc3[nH]c(=O)[nH]c3c2)CC1. The number of rotatable bonds is 2. The average Bonchev–Trinajstić information content (AvgIpc) is 2.71. The van der Waals surface area contributed by atoms with Gasteiger partial charge in [-0.15, -0.1) is 11.8 Å². The molecule has 2 heterocycles. The Balaban J connectivity index is 1.76. The Bertz CT molecular complexity index is 596. The molecule has 0 aliphatic carbocycles. The molecule has 1 aliphatic rings. The molecule has 5 heteroatoms. The lowest BCUT2D eigenvalue weighted by Gasteiger charge is -2.28. The predicted molar refractivity (Wildman–Crippen MR) is 75.3 cm³/mol. The van der Waals surface area contributed by atoms with Crippen LogP contribution in [0.3, 0.4) is 0 Å². The maximum Gasteiger partial charge on any atom is 0.323 e. The van der Waals surface area contributed by atoms with Gasteiger partial charge in [-0.25, -0.2) is 4.79 Å². The van der Waals surface area contributed by atoms with E-state index >= 15 is 0 Å². The summed E-state index contributed by atoms with van der Waals surface area (Å²) in [4.78, 5) is 20.4. The number of nitrogens with zero attached hydrogens (tertiary/aromatic N) is 1. The average molecular weight is 263 g/mol. The molecule has 1 saturated heterocycles. The van der Waals surface area contributed by atoms with Crippen molar-refractivity contribution in [2.75, 3.05) is 20.1 Å². The van der Waals surface area contributed by atoms with E-state index in [0.29, 0.717) is 5.25 Å². The number of thioether (sulfide) groups is 1. The van der Waals surface area contributed by atoms with Crippen LogP contribution in [-0.2, 0) is 0 Å². The number of hydrogen-bond acceptors (Lipinski definition) is 3. The third kappa shape index (κ3) is 2.47. The monoisotopic (exact) mass is 263 g/mol. The number of aromatic amines is 2. The minimum absolute atomic E-state index is 0.133. The van der Waals surface area contributed by atoms with Gasteiger partial charge >= 0.3 is 5.69 Å². The van der Waals surface area contributed by atoms with Gasteiger partial charge in [0, 0.05) is 10.1 Å². The molecule has 0 spiro atoms. The van der Waals surface area contributed by atoms with Crippen molar-refractivity contribution in [2.24, 2.45) is 0 Å². The van der Waals surface area contributed by atoms with E-state index in [1.807, 2.05) is 17.8 Å². The molecule has 1 aromatic carbocycles. The Morgan fingerprint density at radius 2 is 1.94 bits per heavy atom. The fourth-order valence-corrected chi connectivity index (χ4v) is 3.54. The molecule has 2 N–H and O–H groups in total. The Kier molecular flexibility index (Phi) is 3.18. The topological polar surface area (TPSA) is 51.9 Å². The highest BCUT2D eigenvalue weighted by Crippen LogP contribution is 2.31. The van der Waals surface area contributed by atoms with Crippen LogP contribution in [0, 0.1) is 0 Å². The number of H-pyrrole nitrogens is 2. The third-order valence-corrected chi connectivity index (χ3v) is 4.79. The van der Waals surface area contributed by atoms with Crippen molar-refractivity contribution < 1.29 is 0 Å². The summed E-state index contributed by atoms with van der Waals surface area (Å²) in [6.45, 7) is 2.36. The fourth-order valence-electron chi connectivity index (χ4n) is 2.38. The van der Waals surface area contributed by atoms with Gasteiger partial charge in [-0.05, 0) is 51.2 Å². The maximum atomic E-state index is 11.2. The summed E-state index contributed by atoms with van der Waals surface area (Å²) in [5, 5.41) is 0.698. The van der Waals surface area contributed by atoms with Gasteiger partial charge in [0.15, 0.2) is 0 Å². The van der Waals surface area contributed by atoms with Crippen molar-refractivity contribution in [3.63, 3.8) is 0 Å². The summed E-state index contributed by atoms with van der Waals surface area (Å²) < 4.78 is 0. The Morgan fingerprint density at radius 3 is 2.72 bits per heavy atom. The number of likely N-dealkylation sites (tertiary alicyclic amines) is 1. The van der Waals surface area contributed by atoms with Crippen LogP contribution in [0.25, 0.3) is 11.0 Å². The van der Waals surface area contributed by atoms with E-state index < -0.39 is 0 Å². The van der Waals surface area contributed by atoms with Crippen LogP contribution in [0.15, 0.2) is 27.9 Å². The van der Waals surface area contributed by atoms with E-state index in [1.165, 1.54) is 30.8 Å². The molecule has 2 aromatic rings. The van der Waals surface area contributed by atoms with E-state index in [2.05, 4.69) is 34.0 Å². The van der Waals surface area contributed by atoms with Crippen LogP contribution in [0.4, 0.5) is 0 Å². The summed E-state index contributed by atoms with van der Waals surface area (Å²) in [7, 11) is 2.18. The zero-order valence-electron chi connectivity index (χ0n) is 10.4. The van der Waals surface area contributed by atoms with Crippen LogP contribution in [0.1, 0.15) is 12.8 Å². The molecule has 18 heavy (non-hydrogen) atoms. The van der Waals surface area contributed by atoms with Crippen LogP contribution in [0.2, 0.25) is 0 Å². The highest BCUT2D eigenvalue weighted by molar-refractivity contribution is 8.00. The second kappa shape index (κ2) is 4.82. The standard InChI is InChI=1S/C13H17N3OS/c1-16-6-4-9(5-7-16)18-10-2-3-11-12(8-10)15-13(17)14-11/h2-3,8-9H,4-7H2,1H3,(H2,14,15,17). The second-order valence-electron chi connectivity index (χ2n) is 4.91. The predicted octanol–water partition coefficient (Wildman–Crippen LogP) is 2.04. The number of fused-ring (bicyclic) bond motifs is 1. The number of imidazole rings is 1. The lowest BCUT2D eigenvalue weighted by Crippen LogP contribution is -2.31. The molecule has 0 unspecified atom stereocenters. The van der Waals surface area contributed by atoms with Crippen LogP contribution in [-0.4, -0.2) is 40.3 Å². The molecule has 0 atom stereocenters. The zero-order chi connectivity index (χ0) is 12.5. The molecular formula is C13H17N3OS. The number of nitrogens with one attached hydrogen (secondary N) is 2. The van der Waals surface area contributed by atoms with Gasteiger partial charge in [-0.3, -0.25) is 0 Å². The van der Waals surface area contributed by atoms with E-state index in [0.717, 1.165) is 11.0 Å². The molecule has 1 aliphatic heterocycles. The van der Waals surface area contributed by atoms with Crippen molar-refractivity contribution >= 4 is 22.8 Å². The molecule has 1 aromatic heterocycles. The number of hydrogen-bond donors (Lipinski definition) is 2. The van der Waals surface area contributed by atoms with Crippen LogP contribution >= 0.6 is 11.8 Å². The smallest absolute Gasteiger partial charge is 0.306 e. The maximum absolute atomic E-state index is 11.2. The summed E-state index contributed by atoms with van der Waals surface area (Å²) >= 11 is 1.93. The number of aromatic nitrogens is 2. The van der Waals surface area contributed by atoms with Crippen molar-refractivity contribution in [1.29, 1.82) is 0 Å². The summed E-state index contributed by atoms with van der Waals surface area (Å²) in [6.07, 6.45) is 2.48. The first kappa shape index (κ1) is 11.9. The van der Waals surface area contributed by atoms with Crippen LogP contribution in [0.5, 0.6) is 0 Å². The van der Waals surface area contributed by atoms with Crippen LogP contribution < -0.4 is 5.69 Å². The summed E-state index contributed by atoms with van der Waals surface area (Å²) in [6, 6.07) is 6.13. The van der Waals surface area contributed by atoms with Gasteiger partial charge in [0.1, 0.15) is 0 Å². The molecule has 0 amide bonds. The number of benzene rings is 1. The highest BCUT2D eigenvalue weighted by atomic mass is 32.2. The van der Waals surface area contributed by atoms with Gasteiger partial charge in [0.25, 0.3) is 0 Å². The molecule has 0 saturated carbocycles. The summed E-state index contributed by atoms with van der Waals surface area (Å²) in [5.74, 6) is 0. The Hall–Kier alpha value is -1.20. The van der Waals surface area contributed by atoms with Crippen molar-refractivity contribution in [1.82, 2.24) is 14.9 Å². The first-order chi connectivity index (χ1) is 8.70. The Labute approximate surface area is 110 Å². The van der Waals surface area contributed by atoms with Crippen molar-refractivity contribution in [3.8, 4) is 0 Å². The van der Waals surface area contributed by atoms with Crippen molar-refractivity contribution in [3.05, 3.63) is 28.7 Å². The molecule has 3 rings (SSSR count). The van der Waals surface area contributed by atoms with E-state index in [4.69, 9.17) is 0 Å². The van der Waals surface area contributed by atoms with E-state index in [9.17, 15) is 4.79 Å². The second-order valence-corrected chi connectivity index (χ2v) is 6.28. The van der Waals surface area contributed by atoms with Gasteiger partial charge in [-0.1, -0.05) is 0 Å². The highest BCUT2D eigenvalue weighted by Gasteiger charge is 2.17. The molecule has 0 radical (unpaired) electrons. The zero-order valence-corrected chi connectivity index (χ0v) is 11.2. The molecule has 0 bridgehead atoms. The third-order valence-electron chi connectivity index (χ3n) is 3.46. The molecule has 4 nitrogen and oxygen atoms in total. The largest absolute Gasteiger partial charge is 0.323 e. The lowest BCUT2D eigenvalue weighted by molar-refractivity contribution is 0.282. The van der Waals surface area contributed by atoms with E-state index in [-0.39, 0.29) is 5.69 Å². The van der Waals surface area contributed by atoms with Gasteiger partial charge in [-0.2, -0.15) is 0 Å². The van der Waals surface area contributed by atoms with Crippen molar-refractivity contribution in [2.45, 2.75) is 23.0 Å². The number of piperidine rings is 1. The minimum Gasteiger partial charge on any atom is -0.306 e. The van der Waals surface area contributed by atoms with Gasteiger partial charge < -0.3 is 14.9 Å². The minimum atomic E-state index is -0.133. The molecule has 96 valence electrons. The first-order valence-corrected chi connectivity index (χ1v) is 7.16. The van der Waals surface area contributed by atoms with Gasteiger partial charge in [0.2, 0.25) is 0 Å². The first-order valence-electron chi connectivity index (χ1n) is 6.28. The quantitative estimate of drug-likeness (QED) is 0.872. The van der Waals surface area contributed by atoms with E-state index in [1.54, 1.807) is 0 Å². The lowest BCUT2D eigenvalue weighted by atomic mass is 10.1. The Morgan fingerprint density at radius 1 is 1.22 bits per heavy atom. The fraction of sp³-hybridized carbons (Fsp3) is 0.462. The molecule has 1 fully saturated rings. The summed E-state index contributed by atoms with van der Waals surface area (Å²) in [5.41, 5.74) is 1.65. The van der Waals surface area contributed by atoms with Gasteiger partial charge in [0.05, 0.1) is 11.0 Å².